The Kier molecular flexibility index (Phi) is 13.8. The van der Waals surface area contributed by atoms with E-state index in [1.54, 1.807) is 35.7 Å². The molecular formula is C19H32N2O5S2. The van der Waals surface area contributed by atoms with E-state index in [-0.39, 0.29) is 0 Å². The van der Waals surface area contributed by atoms with E-state index in [1.807, 2.05) is 0 Å². The largest absolute Gasteiger partial charge is 0.493 e. The number of carbonyl (C=O) groups excluding carboxylic acids is 1. The molecule has 0 atom stereocenters. The molecule has 0 radical (unpaired) electrons. The first kappa shape index (κ1) is 24.7. The third kappa shape index (κ3) is 9.27. The van der Waals surface area contributed by atoms with Gasteiger partial charge in [0, 0.05) is 24.6 Å². The fourth-order valence-electron chi connectivity index (χ4n) is 2.26. The number of thioether (sulfide) groups is 2. The zero-order valence-electron chi connectivity index (χ0n) is 16.7. The van der Waals surface area contributed by atoms with Crippen molar-refractivity contribution in [2.45, 2.75) is 12.8 Å². The van der Waals surface area contributed by atoms with Gasteiger partial charge in [-0.1, -0.05) is 0 Å². The van der Waals surface area contributed by atoms with Crippen molar-refractivity contribution in [3.63, 3.8) is 0 Å². The van der Waals surface area contributed by atoms with Crippen molar-refractivity contribution in [1.29, 1.82) is 0 Å². The van der Waals surface area contributed by atoms with Crippen molar-refractivity contribution in [2.75, 3.05) is 63.5 Å². The highest BCUT2D eigenvalue weighted by atomic mass is 32.2. The van der Waals surface area contributed by atoms with Crippen LogP contribution in [0.1, 0.15) is 23.2 Å². The number of hydrogen-bond donors (Lipinski definition) is 2. The minimum atomic E-state index is -0.412. The molecule has 0 aliphatic rings. The summed E-state index contributed by atoms with van der Waals surface area (Å²) in [5.74, 6) is 4.70. The van der Waals surface area contributed by atoms with E-state index in [0.717, 1.165) is 35.9 Å². The summed E-state index contributed by atoms with van der Waals surface area (Å²) >= 11 is 3.54. The van der Waals surface area contributed by atoms with E-state index in [4.69, 9.17) is 30.4 Å². The van der Waals surface area contributed by atoms with Crippen molar-refractivity contribution in [1.82, 2.24) is 0 Å². The molecule has 1 aromatic rings. The fraction of sp³-hybridized carbons (Fsp3) is 0.632. The molecule has 0 aromatic heterocycles. The Bertz CT molecular complexity index is 550. The smallest absolute Gasteiger partial charge is 0.338 e. The summed E-state index contributed by atoms with van der Waals surface area (Å²) in [6, 6.07) is 3.24. The van der Waals surface area contributed by atoms with Crippen molar-refractivity contribution in [3.8, 4) is 17.2 Å². The molecule has 0 saturated heterocycles. The van der Waals surface area contributed by atoms with E-state index in [2.05, 4.69) is 0 Å². The van der Waals surface area contributed by atoms with Gasteiger partial charge in [-0.25, -0.2) is 4.79 Å². The van der Waals surface area contributed by atoms with Crippen LogP contribution in [0.25, 0.3) is 0 Å². The Labute approximate surface area is 176 Å². The molecule has 0 aliphatic heterocycles. The second kappa shape index (κ2) is 15.6. The van der Waals surface area contributed by atoms with Gasteiger partial charge in [0.15, 0.2) is 11.5 Å². The summed E-state index contributed by atoms with van der Waals surface area (Å²) in [5.41, 5.74) is 11.3. The lowest BCUT2D eigenvalue weighted by molar-refractivity contribution is 0.0505. The normalized spacial score (nSPS) is 10.6. The number of benzene rings is 1. The molecule has 0 fully saturated rings. The van der Waals surface area contributed by atoms with Gasteiger partial charge in [-0.15, -0.1) is 0 Å². The van der Waals surface area contributed by atoms with Gasteiger partial charge < -0.3 is 30.4 Å². The van der Waals surface area contributed by atoms with Crippen LogP contribution in [0.2, 0.25) is 0 Å². The molecule has 0 aliphatic carbocycles. The van der Waals surface area contributed by atoms with Gasteiger partial charge in [0.05, 0.1) is 33.0 Å². The molecule has 9 heteroatoms. The summed E-state index contributed by atoms with van der Waals surface area (Å²) in [7, 11) is 3.06. The van der Waals surface area contributed by atoms with Gasteiger partial charge in [-0.3, -0.25) is 0 Å². The third-order valence-electron chi connectivity index (χ3n) is 3.57. The predicted octanol–water partition coefficient (Wildman–Crippen LogP) is 2.40. The number of rotatable bonds is 16. The number of ether oxygens (including phenoxy) is 4. The number of hydrogen-bond acceptors (Lipinski definition) is 9. The minimum Gasteiger partial charge on any atom is -0.493 e. The van der Waals surface area contributed by atoms with Crippen LogP contribution in [0.5, 0.6) is 17.2 Å². The van der Waals surface area contributed by atoms with Gasteiger partial charge in [0.25, 0.3) is 0 Å². The second-order valence-electron chi connectivity index (χ2n) is 5.70. The molecule has 1 aromatic carbocycles. The highest BCUT2D eigenvalue weighted by molar-refractivity contribution is 7.99. The average molecular weight is 433 g/mol. The SMILES string of the molecule is COc1cc(C(=O)OCCCSCCN)cc(OC)c1OCCCSCCN. The van der Waals surface area contributed by atoms with Crippen LogP contribution in [0.3, 0.4) is 0 Å². The Morgan fingerprint density at radius 3 is 1.93 bits per heavy atom. The summed E-state index contributed by atoms with van der Waals surface area (Å²) < 4.78 is 22.0. The number of carbonyl (C=O) groups is 1. The molecule has 0 saturated carbocycles. The van der Waals surface area contributed by atoms with Crippen LogP contribution in [0.15, 0.2) is 12.1 Å². The zero-order chi connectivity index (χ0) is 20.6. The lowest BCUT2D eigenvalue weighted by atomic mass is 10.2. The molecule has 4 N–H and O–H groups in total. The van der Waals surface area contributed by atoms with Crippen molar-refractivity contribution < 1.29 is 23.7 Å². The highest BCUT2D eigenvalue weighted by Gasteiger charge is 2.18. The first-order valence-electron chi connectivity index (χ1n) is 9.29. The molecule has 160 valence electrons. The molecule has 28 heavy (non-hydrogen) atoms. The zero-order valence-corrected chi connectivity index (χ0v) is 18.4. The maximum atomic E-state index is 12.3. The van der Waals surface area contributed by atoms with E-state index in [9.17, 15) is 4.79 Å². The van der Waals surface area contributed by atoms with Crippen molar-refractivity contribution >= 4 is 29.5 Å². The first-order valence-corrected chi connectivity index (χ1v) is 11.6. The quantitative estimate of drug-likeness (QED) is 0.301. The lowest BCUT2D eigenvalue weighted by Gasteiger charge is -2.16. The van der Waals surface area contributed by atoms with E-state index in [1.165, 1.54) is 14.2 Å². The fourth-order valence-corrected chi connectivity index (χ4v) is 3.64. The summed E-state index contributed by atoms with van der Waals surface area (Å²) in [6.07, 6.45) is 1.66. The number of esters is 1. The summed E-state index contributed by atoms with van der Waals surface area (Å²) in [5, 5.41) is 0. The molecule has 0 amide bonds. The maximum absolute atomic E-state index is 12.3. The Morgan fingerprint density at radius 1 is 0.893 bits per heavy atom. The highest BCUT2D eigenvalue weighted by Crippen LogP contribution is 2.39. The van der Waals surface area contributed by atoms with Crippen molar-refractivity contribution in [3.05, 3.63) is 17.7 Å². The first-order chi connectivity index (χ1) is 13.7. The van der Waals surface area contributed by atoms with E-state index < -0.39 is 5.97 Å². The van der Waals surface area contributed by atoms with Gasteiger partial charge in [0.1, 0.15) is 0 Å². The van der Waals surface area contributed by atoms with Crippen molar-refractivity contribution in [2.24, 2.45) is 11.5 Å². The van der Waals surface area contributed by atoms with Gasteiger partial charge in [-0.2, -0.15) is 23.5 Å². The van der Waals surface area contributed by atoms with Crippen LogP contribution < -0.4 is 25.7 Å². The van der Waals surface area contributed by atoms with E-state index >= 15 is 0 Å². The van der Waals surface area contributed by atoms with Gasteiger partial charge >= 0.3 is 5.97 Å². The van der Waals surface area contributed by atoms with Crippen LogP contribution in [0.4, 0.5) is 0 Å². The predicted molar refractivity (Wildman–Crippen MR) is 117 cm³/mol. The number of nitrogens with two attached hydrogens (primary N) is 2. The molecule has 7 nitrogen and oxygen atoms in total. The lowest BCUT2D eigenvalue weighted by Crippen LogP contribution is -2.09. The Hall–Kier alpha value is -1.29. The average Bonchev–Trinajstić information content (AvgIpc) is 2.72. The minimum absolute atomic E-state index is 0.361. The molecular weight excluding hydrogens is 400 g/mol. The van der Waals surface area contributed by atoms with Crippen LogP contribution >= 0.6 is 23.5 Å². The molecule has 0 unspecified atom stereocenters. The monoisotopic (exact) mass is 432 g/mol. The molecule has 0 heterocycles. The summed E-state index contributed by atoms with van der Waals surface area (Å²) in [4.78, 5) is 12.3. The topological polar surface area (TPSA) is 106 Å². The van der Waals surface area contributed by atoms with E-state index in [0.29, 0.717) is 49.1 Å². The Balaban J connectivity index is 2.62. The summed E-state index contributed by atoms with van der Waals surface area (Å²) in [6.45, 7) is 2.22. The standard InChI is InChI=1S/C19H32N2O5S2/c1-23-16-13-15(19(22)26-8-4-10-28-12-6-21)14-17(24-2)18(16)25-7-3-9-27-11-5-20/h13-14H,3-12,20-21H2,1-2H3. The second-order valence-corrected chi connectivity index (χ2v) is 8.15. The van der Waals surface area contributed by atoms with Crippen LogP contribution in [-0.4, -0.2) is 69.5 Å². The van der Waals surface area contributed by atoms with Gasteiger partial charge in [0.2, 0.25) is 5.75 Å². The molecule has 1 rings (SSSR count). The number of methoxy groups -OCH3 is 2. The Morgan fingerprint density at radius 2 is 1.43 bits per heavy atom. The maximum Gasteiger partial charge on any atom is 0.338 e. The van der Waals surface area contributed by atoms with Crippen LogP contribution in [0, 0.1) is 0 Å². The molecule has 0 bridgehead atoms. The third-order valence-corrected chi connectivity index (χ3v) is 5.77. The molecule has 0 spiro atoms. The van der Waals surface area contributed by atoms with Gasteiger partial charge in [-0.05, 0) is 36.5 Å². The van der Waals surface area contributed by atoms with Crippen LogP contribution in [-0.2, 0) is 4.74 Å².